The molecule has 1 heterocycles. The number of alkyl carbamates (subject to hydrolysis) is 1. The molecule has 0 spiro atoms. The molecule has 2 N–H and O–H groups in total. The lowest BCUT2D eigenvalue weighted by Gasteiger charge is -2.23. The molecule has 0 fully saturated rings. The maximum absolute atomic E-state index is 12.1. The van der Waals surface area contributed by atoms with E-state index in [-0.39, 0.29) is 6.61 Å². The maximum atomic E-state index is 12.1. The Labute approximate surface area is 153 Å². The summed E-state index contributed by atoms with van der Waals surface area (Å²) in [5.41, 5.74) is 2.65. The van der Waals surface area contributed by atoms with Crippen molar-refractivity contribution in [1.82, 2.24) is 15.1 Å². The molecule has 2 atom stereocenters. The summed E-state index contributed by atoms with van der Waals surface area (Å²) in [6.07, 6.45) is 0.716. The number of nitrogens with one attached hydrogen (secondary N) is 1. The highest BCUT2D eigenvalue weighted by molar-refractivity contribution is 5.80. The standard InChI is InChI=1S/C19H25N3O4/c1-4-15-11-16(5-2)22(21-15)13(3)17(18(23)24)20-19(25)26-12-14-9-7-6-8-10-14/h6-11,13,17H,4-5,12H2,1-3H3,(H,20,25)(H,23,24). The molecule has 0 radical (unpaired) electrons. The second-order valence-electron chi connectivity index (χ2n) is 6.04. The Kier molecular flexibility index (Phi) is 6.77. The van der Waals surface area contributed by atoms with Gasteiger partial charge < -0.3 is 15.2 Å². The second-order valence-corrected chi connectivity index (χ2v) is 6.04. The van der Waals surface area contributed by atoms with Gasteiger partial charge in [-0.3, -0.25) is 4.68 Å². The number of aliphatic carboxylic acids is 1. The Balaban J connectivity index is 2.06. The van der Waals surface area contributed by atoms with Crippen LogP contribution in [0.1, 0.15) is 43.8 Å². The van der Waals surface area contributed by atoms with Crippen molar-refractivity contribution in [3.63, 3.8) is 0 Å². The number of benzene rings is 1. The van der Waals surface area contributed by atoms with E-state index in [4.69, 9.17) is 4.74 Å². The van der Waals surface area contributed by atoms with Crippen LogP contribution in [0.5, 0.6) is 0 Å². The Morgan fingerprint density at radius 1 is 1.23 bits per heavy atom. The van der Waals surface area contributed by atoms with Crippen molar-refractivity contribution in [2.24, 2.45) is 0 Å². The van der Waals surface area contributed by atoms with Gasteiger partial charge in [-0.25, -0.2) is 9.59 Å². The van der Waals surface area contributed by atoms with Gasteiger partial charge in [-0.05, 0) is 31.4 Å². The Morgan fingerprint density at radius 3 is 2.50 bits per heavy atom. The predicted octanol–water partition coefficient (Wildman–Crippen LogP) is 2.95. The molecule has 1 aromatic heterocycles. The van der Waals surface area contributed by atoms with Crippen molar-refractivity contribution in [3.8, 4) is 0 Å². The number of hydrogen-bond donors (Lipinski definition) is 2. The van der Waals surface area contributed by atoms with Gasteiger partial charge in [-0.2, -0.15) is 5.10 Å². The molecule has 0 aliphatic rings. The minimum absolute atomic E-state index is 0.0787. The number of carbonyl (C=O) groups excluding carboxylic acids is 1. The molecule has 7 heteroatoms. The number of aryl methyl sites for hydroxylation is 2. The van der Waals surface area contributed by atoms with Gasteiger partial charge in [-0.1, -0.05) is 44.2 Å². The Morgan fingerprint density at radius 2 is 1.92 bits per heavy atom. The van der Waals surface area contributed by atoms with Gasteiger partial charge in [0.05, 0.1) is 11.7 Å². The fourth-order valence-corrected chi connectivity index (χ4v) is 2.70. The first-order valence-electron chi connectivity index (χ1n) is 8.73. The molecule has 1 amide bonds. The van der Waals surface area contributed by atoms with E-state index in [1.807, 2.05) is 50.2 Å². The number of amides is 1. The van der Waals surface area contributed by atoms with Crippen LogP contribution in [0, 0.1) is 0 Å². The normalized spacial score (nSPS) is 13.0. The lowest BCUT2D eigenvalue weighted by atomic mass is 10.1. The highest BCUT2D eigenvalue weighted by atomic mass is 16.5. The van der Waals surface area contributed by atoms with Gasteiger partial charge in [0.2, 0.25) is 0 Å². The number of ether oxygens (including phenoxy) is 1. The van der Waals surface area contributed by atoms with Crippen molar-refractivity contribution in [2.45, 2.75) is 52.3 Å². The molecule has 7 nitrogen and oxygen atoms in total. The minimum Gasteiger partial charge on any atom is -0.480 e. The molecule has 0 aliphatic carbocycles. The largest absolute Gasteiger partial charge is 0.480 e. The molecular weight excluding hydrogens is 334 g/mol. The molecule has 0 saturated carbocycles. The van der Waals surface area contributed by atoms with Crippen LogP contribution in [0.4, 0.5) is 4.79 Å². The number of rotatable bonds is 8. The number of carboxylic acids is 1. The molecule has 1 aromatic carbocycles. The first-order valence-corrected chi connectivity index (χ1v) is 8.73. The third kappa shape index (κ3) is 4.84. The van der Waals surface area contributed by atoms with Gasteiger partial charge in [0.15, 0.2) is 6.04 Å². The van der Waals surface area contributed by atoms with E-state index in [9.17, 15) is 14.7 Å². The topological polar surface area (TPSA) is 93.5 Å². The van der Waals surface area contributed by atoms with Gasteiger partial charge in [-0.15, -0.1) is 0 Å². The molecule has 140 valence electrons. The zero-order valence-electron chi connectivity index (χ0n) is 15.3. The summed E-state index contributed by atoms with van der Waals surface area (Å²) in [6, 6.07) is 9.47. The third-order valence-corrected chi connectivity index (χ3v) is 4.21. The van der Waals surface area contributed by atoms with E-state index in [0.717, 1.165) is 29.8 Å². The van der Waals surface area contributed by atoms with Crippen LogP contribution >= 0.6 is 0 Å². The van der Waals surface area contributed by atoms with Crippen LogP contribution < -0.4 is 5.32 Å². The quantitative estimate of drug-likeness (QED) is 0.756. The Bertz CT molecular complexity index is 742. The number of hydrogen-bond acceptors (Lipinski definition) is 4. The summed E-state index contributed by atoms with van der Waals surface area (Å²) in [4.78, 5) is 23.7. The third-order valence-electron chi connectivity index (χ3n) is 4.21. The first-order chi connectivity index (χ1) is 12.5. The van der Waals surface area contributed by atoms with E-state index in [0.29, 0.717) is 0 Å². The highest BCUT2D eigenvalue weighted by Crippen LogP contribution is 2.17. The maximum Gasteiger partial charge on any atom is 0.408 e. The van der Waals surface area contributed by atoms with Crippen molar-refractivity contribution < 1.29 is 19.4 Å². The van der Waals surface area contributed by atoms with Crippen LogP contribution in [-0.2, 0) is 29.0 Å². The fraction of sp³-hybridized carbons (Fsp3) is 0.421. The van der Waals surface area contributed by atoms with E-state index in [1.54, 1.807) is 11.6 Å². The minimum atomic E-state index is -1.15. The van der Waals surface area contributed by atoms with E-state index >= 15 is 0 Å². The fourth-order valence-electron chi connectivity index (χ4n) is 2.70. The molecule has 26 heavy (non-hydrogen) atoms. The smallest absolute Gasteiger partial charge is 0.408 e. The summed E-state index contributed by atoms with van der Waals surface area (Å²) in [7, 11) is 0. The lowest BCUT2D eigenvalue weighted by molar-refractivity contribution is -0.140. The molecule has 0 bridgehead atoms. The summed E-state index contributed by atoms with van der Waals surface area (Å²) in [5.74, 6) is -1.13. The van der Waals surface area contributed by atoms with Crippen molar-refractivity contribution in [2.75, 3.05) is 0 Å². The molecule has 0 aliphatic heterocycles. The van der Waals surface area contributed by atoms with Crippen LogP contribution in [-0.4, -0.2) is 33.0 Å². The zero-order valence-corrected chi connectivity index (χ0v) is 15.3. The van der Waals surface area contributed by atoms with E-state index in [2.05, 4.69) is 10.4 Å². The highest BCUT2D eigenvalue weighted by Gasteiger charge is 2.30. The number of carboxylic acid groups (broad SMARTS) is 1. The molecule has 2 aromatic rings. The van der Waals surface area contributed by atoms with Gasteiger partial charge in [0.25, 0.3) is 0 Å². The molecule has 2 unspecified atom stereocenters. The van der Waals surface area contributed by atoms with Gasteiger partial charge >= 0.3 is 12.1 Å². The Hall–Kier alpha value is -2.83. The number of nitrogens with zero attached hydrogens (tertiary/aromatic N) is 2. The predicted molar refractivity (Wildman–Crippen MR) is 96.9 cm³/mol. The molecular formula is C19H25N3O4. The van der Waals surface area contributed by atoms with Crippen LogP contribution in [0.2, 0.25) is 0 Å². The first kappa shape index (κ1) is 19.5. The van der Waals surface area contributed by atoms with Crippen molar-refractivity contribution >= 4 is 12.1 Å². The zero-order chi connectivity index (χ0) is 19.1. The van der Waals surface area contributed by atoms with Crippen LogP contribution in [0.25, 0.3) is 0 Å². The summed E-state index contributed by atoms with van der Waals surface area (Å²) in [6.45, 7) is 5.78. The molecule has 0 saturated heterocycles. The van der Waals surface area contributed by atoms with E-state index in [1.165, 1.54) is 0 Å². The number of aromatic nitrogens is 2. The average Bonchev–Trinajstić information content (AvgIpc) is 3.08. The molecule has 2 rings (SSSR count). The van der Waals surface area contributed by atoms with Gasteiger partial charge in [0.1, 0.15) is 6.61 Å². The SMILES string of the molecule is CCc1cc(CC)n(C(C)C(NC(=O)OCc2ccccc2)C(=O)O)n1. The van der Waals surface area contributed by atoms with Crippen LogP contribution in [0.15, 0.2) is 36.4 Å². The lowest BCUT2D eigenvalue weighted by Crippen LogP contribution is -2.46. The van der Waals surface area contributed by atoms with Gasteiger partial charge in [0, 0.05) is 5.69 Å². The average molecular weight is 359 g/mol. The number of carbonyl (C=O) groups is 2. The monoisotopic (exact) mass is 359 g/mol. The van der Waals surface area contributed by atoms with Crippen molar-refractivity contribution in [3.05, 3.63) is 53.3 Å². The summed E-state index contributed by atoms with van der Waals surface area (Å²) < 4.78 is 6.81. The van der Waals surface area contributed by atoms with Crippen LogP contribution in [0.3, 0.4) is 0 Å². The van der Waals surface area contributed by atoms with E-state index < -0.39 is 24.1 Å². The summed E-state index contributed by atoms with van der Waals surface area (Å²) >= 11 is 0. The summed E-state index contributed by atoms with van der Waals surface area (Å²) in [5, 5.41) is 16.5. The second kappa shape index (κ2) is 9.03. The van der Waals surface area contributed by atoms with Crippen molar-refractivity contribution in [1.29, 1.82) is 0 Å².